The molecule has 3 aliphatic rings. The lowest BCUT2D eigenvalue weighted by molar-refractivity contribution is -0.138. The van der Waals surface area contributed by atoms with Crippen molar-refractivity contribution in [3.8, 4) is 11.5 Å². The fourth-order valence-electron chi connectivity index (χ4n) is 6.66. The van der Waals surface area contributed by atoms with Crippen LogP contribution in [0.2, 0.25) is 0 Å². The van der Waals surface area contributed by atoms with Crippen molar-refractivity contribution in [2.45, 2.75) is 69.7 Å². The third kappa shape index (κ3) is 8.37. The van der Waals surface area contributed by atoms with E-state index in [9.17, 15) is 29.1 Å². The molecule has 3 aromatic carbocycles. The highest BCUT2D eigenvalue weighted by atomic mass is 16.5. The number of amides is 5. The molecule has 2 fully saturated rings. The van der Waals surface area contributed by atoms with Gasteiger partial charge in [-0.25, -0.2) is 0 Å². The van der Waals surface area contributed by atoms with Gasteiger partial charge in [-0.05, 0) is 60.2 Å². The first-order valence-corrected chi connectivity index (χ1v) is 16.8. The fourth-order valence-corrected chi connectivity index (χ4v) is 6.66. The predicted molar refractivity (Wildman–Crippen MR) is 179 cm³/mol. The van der Waals surface area contributed by atoms with Crippen molar-refractivity contribution in [1.82, 2.24) is 25.8 Å². The van der Waals surface area contributed by atoms with Crippen molar-refractivity contribution in [1.29, 1.82) is 0 Å². The molecule has 4 N–H and O–H groups in total. The summed E-state index contributed by atoms with van der Waals surface area (Å²) in [6.07, 6.45) is 2.62. The Morgan fingerprint density at radius 1 is 0.898 bits per heavy atom. The Balaban J connectivity index is 1.22. The highest BCUT2D eigenvalue weighted by Crippen LogP contribution is 2.24. The monoisotopic (exact) mass is 667 g/mol. The van der Waals surface area contributed by atoms with E-state index in [0.29, 0.717) is 31.7 Å². The van der Waals surface area contributed by atoms with Gasteiger partial charge in [0, 0.05) is 39.0 Å². The highest BCUT2D eigenvalue weighted by molar-refractivity contribution is 6.01. The Hall–Kier alpha value is -5.39. The number of nitrogens with zero attached hydrogens (tertiary/aromatic N) is 2. The lowest BCUT2D eigenvalue weighted by Gasteiger charge is -2.30. The Kier molecular flexibility index (Phi) is 10.4. The van der Waals surface area contributed by atoms with E-state index in [2.05, 4.69) is 16.0 Å². The minimum Gasteiger partial charge on any atom is -0.508 e. The van der Waals surface area contributed by atoms with Crippen LogP contribution in [-0.4, -0.2) is 82.3 Å². The number of rotatable bonds is 7. The maximum absolute atomic E-state index is 14.0. The van der Waals surface area contributed by atoms with E-state index in [1.807, 2.05) is 29.2 Å². The first-order valence-electron chi connectivity index (χ1n) is 16.8. The van der Waals surface area contributed by atoms with Crippen molar-refractivity contribution in [3.63, 3.8) is 0 Å². The minimum atomic E-state index is -1.27. The quantitative estimate of drug-likeness (QED) is 0.302. The molecule has 6 rings (SSSR count). The molecule has 12 nitrogen and oxygen atoms in total. The number of fused-ring (bicyclic) bond motifs is 2. The Bertz CT molecular complexity index is 1710. The molecule has 12 heteroatoms. The zero-order valence-corrected chi connectivity index (χ0v) is 27.2. The number of para-hydroxylation sites is 1. The SMILES string of the molecule is O=C1C[C@@H](C(=O)NCc2cccc(CN3CCCC3=O)c2)NC(=O)c2ccccc2OC[C@H]2CCCN2C(=O)[C@H](Cc2ccc(O)cc2)N1. The van der Waals surface area contributed by atoms with E-state index in [0.717, 1.165) is 36.1 Å². The number of ether oxygens (including phenoxy) is 1. The molecule has 3 heterocycles. The molecule has 0 aliphatic carbocycles. The molecule has 0 aromatic heterocycles. The van der Waals surface area contributed by atoms with E-state index in [1.54, 1.807) is 41.3 Å². The number of phenolic OH excluding ortho intramolecular Hbond substituents is 1. The van der Waals surface area contributed by atoms with Crippen LogP contribution in [0.25, 0.3) is 0 Å². The van der Waals surface area contributed by atoms with Crippen LogP contribution in [0.5, 0.6) is 11.5 Å². The van der Waals surface area contributed by atoms with Crippen LogP contribution in [0, 0.1) is 0 Å². The summed E-state index contributed by atoms with van der Waals surface area (Å²) in [6.45, 7) is 2.00. The average Bonchev–Trinajstić information content (AvgIpc) is 3.74. The first-order chi connectivity index (χ1) is 23.7. The molecular formula is C37H41N5O7. The molecule has 2 saturated heterocycles. The van der Waals surface area contributed by atoms with Crippen LogP contribution < -0.4 is 20.7 Å². The Morgan fingerprint density at radius 3 is 2.49 bits per heavy atom. The van der Waals surface area contributed by atoms with E-state index in [-0.39, 0.29) is 48.7 Å². The molecule has 3 aliphatic heterocycles. The Morgan fingerprint density at radius 2 is 1.69 bits per heavy atom. The van der Waals surface area contributed by atoms with Crippen LogP contribution in [0.3, 0.4) is 0 Å². The van der Waals surface area contributed by atoms with Crippen molar-refractivity contribution in [3.05, 3.63) is 95.1 Å². The molecule has 3 aromatic rings. The number of carbonyl (C=O) groups excluding carboxylic acids is 5. The standard InChI is InChI=1S/C37H41N5O7/c43-28-14-12-24(13-15-28)19-31-37(48)42-17-4-8-27(42)23-49-32-10-2-1-9-29(32)35(46)40-30(20-33(44)39-31)36(47)38-21-25-6-3-7-26(18-25)22-41-16-5-11-34(41)45/h1-3,6-7,9-10,12-15,18,27,30-31,43H,4-5,8,11,16-17,19-23H2,(H,38,47)(H,39,44)(H,40,46)/t27-,30+,31+/m1/s1. The number of hydrogen-bond donors (Lipinski definition) is 4. The molecule has 0 spiro atoms. The summed E-state index contributed by atoms with van der Waals surface area (Å²) in [7, 11) is 0. The molecule has 0 unspecified atom stereocenters. The van der Waals surface area contributed by atoms with E-state index in [1.165, 1.54) is 12.1 Å². The van der Waals surface area contributed by atoms with Crippen LogP contribution in [0.4, 0.5) is 0 Å². The molecule has 3 atom stereocenters. The van der Waals surface area contributed by atoms with Gasteiger partial charge in [-0.3, -0.25) is 24.0 Å². The van der Waals surface area contributed by atoms with Crippen LogP contribution >= 0.6 is 0 Å². The largest absolute Gasteiger partial charge is 0.508 e. The number of carbonyl (C=O) groups is 5. The van der Waals surface area contributed by atoms with Gasteiger partial charge in [0.2, 0.25) is 23.6 Å². The van der Waals surface area contributed by atoms with Gasteiger partial charge in [-0.15, -0.1) is 0 Å². The number of benzene rings is 3. The zero-order chi connectivity index (χ0) is 34.3. The Labute approximate surface area is 284 Å². The topological polar surface area (TPSA) is 157 Å². The second-order valence-corrected chi connectivity index (χ2v) is 12.8. The van der Waals surface area contributed by atoms with Gasteiger partial charge in [-0.2, -0.15) is 0 Å². The normalized spacial score (nSPS) is 21.6. The highest BCUT2D eigenvalue weighted by Gasteiger charge is 2.36. The number of likely N-dealkylation sites (tertiary alicyclic amines) is 1. The van der Waals surface area contributed by atoms with E-state index >= 15 is 0 Å². The number of phenols is 1. The van der Waals surface area contributed by atoms with Gasteiger partial charge < -0.3 is 35.6 Å². The first kappa shape index (κ1) is 33.5. The molecule has 0 bridgehead atoms. The van der Waals surface area contributed by atoms with Gasteiger partial charge in [0.1, 0.15) is 30.2 Å². The zero-order valence-electron chi connectivity index (χ0n) is 27.2. The van der Waals surface area contributed by atoms with Crippen molar-refractivity contribution in [2.24, 2.45) is 0 Å². The predicted octanol–water partition coefficient (Wildman–Crippen LogP) is 2.43. The van der Waals surface area contributed by atoms with Gasteiger partial charge in [-0.1, -0.05) is 48.5 Å². The van der Waals surface area contributed by atoms with Crippen LogP contribution in [0.15, 0.2) is 72.8 Å². The molecule has 256 valence electrons. The summed E-state index contributed by atoms with van der Waals surface area (Å²) in [5.41, 5.74) is 2.68. The van der Waals surface area contributed by atoms with Crippen LogP contribution in [0.1, 0.15) is 59.2 Å². The number of nitrogens with one attached hydrogen (secondary N) is 3. The minimum absolute atomic E-state index is 0.0835. The molecule has 0 radical (unpaired) electrons. The smallest absolute Gasteiger partial charge is 0.255 e. The lowest BCUT2D eigenvalue weighted by Crippen LogP contribution is -2.54. The third-order valence-corrected chi connectivity index (χ3v) is 9.25. The van der Waals surface area contributed by atoms with Crippen molar-refractivity contribution in [2.75, 3.05) is 19.7 Å². The summed E-state index contributed by atoms with van der Waals surface area (Å²) in [4.78, 5) is 70.5. The third-order valence-electron chi connectivity index (χ3n) is 9.25. The van der Waals surface area contributed by atoms with Crippen molar-refractivity contribution >= 4 is 29.5 Å². The maximum Gasteiger partial charge on any atom is 0.255 e. The summed E-state index contributed by atoms with van der Waals surface area (Å²) in [5.74, 6) is -1.46. The van der Waals surface area contributed by atoms with E-state index < -0.39 is 36.2 Å². The molecular weight excluding hydrogens is 626 g/mol. The summed E-state index contributed by atoms with van der Waals surface area (Å²) >= 11 is 0. The fraction of sp³-hybridized carbons (Fsp3) is 0.378. The van der Waals surface area contributed by atoms with Crippen molar-refractivity contribution < 1.29 is 33.8 Å². The van der Waals surface area contributed by atoms with Gasteiger partial charge in [0.15, 0.2) is 0 Å². The van der Waals surface area contributed by atoms with Gasteiger partial charge >= 0.3 is 0 Å². The molecule has 0 saturated carbocycles. The number of hydrogen-bond acceptors (Lipinski definition) is 7. The van der Waals surface area contributed by atoms with Crippen LogP contribution in [-0.2, 0) is 38.7 Å². The summed E-state index contributed by atoms with van der Waals surface area (Å²) < 4.78 is 6.12. The van der Waals surface area contributed by atoms with E-state index in [4.69, 9.17) is 4.74 Å². The van der Waals surface area contributed by atoms with Gasteiger partial charge in [0.05, 0.1) is 18.0 Å². The van der Waals surface area contributed by atoms with Gasteiger partial charge in [0.25, 0.3) is 5.91 Å². The number of aromatic hydroxyl groups is 1. The maximum atomic E-state index is 14.0. The second-order valence-electron chi connectivity index (χ2n) is 12.8. The molecule has 49 heavy (non-hydrogen) atoms. The molecule has 5 amide bonds. The second kappa shape index (κ2) is 15.2. The summed E-state index contributed by atoms with van der Waals surface area (Å²) in [5, 5.41) is 18.2. The summed E-state index contributed by atoms with van der Waals surface area (Å²) in [6, 6.07) is 18.2. The lowest BCUT2D eigenvalue weighted by atomic mass is 10.0. The average molecular weight is 668 g/mol.